The Morgan fingerprint density at radius 1 is 1.23 bits per heavy atom. The Labute approximate surface area is 94.8 Å². The van der Waals surface area contributed by atoms with Crippen molar-refractivity contribution < 1.29 is 0 Å². The molecule has 1 atom stereocenters. The van der Waals surface area contributed by atoms with Crippen LogP contribution in [0.25, 0.3) is 0 Å². The molecule has 4 heteroatoms. The van der Waals surface area contributed by atoms with Gasteiger partial charge in [-0.3, -0.25) is 0 Å². The fourth-order valence-electron chi connectivity index (χ4n) is 1.19. The summed E-state index contributed by atoms with van der Waals surface area (Å²) in [6.45, 7) is 2.13. The van der Waals surface area contributed by atoms with E-state index in [-0.39, 0.29) is 0 Å². The minimum atomic E-state index is -1.50. The molecule has 0 spiro atoms. The van der Waals surface area contributed by atoms with Gasteiger partial charge in [0, 0.05) is 5.02 Å². The lowest BCUT2D eigenvalue weighted by molar-refractivity contribution is 0.861. The summed E-state index contributed by atoms with van der Waals surface area (Å²) in [5.41, 5.74) is 1.25. The maximum absolute atomic E-state index is 5.83. The van der Waals surface area contributed by atoms with Crippen LogP contribution in [0.5, 0.6) is 0 Å². The third-order valence-corrected chi connectivity index (χ3v) is 4.36. The number of benzene rings is 1. The molecular weight excluding hydrogens is 243 g/mol. The van der Waals surface area contributed by atoms with E-state index in [2.05, 4.69) is 6.92 Å². The molecule has 0 aliphatic carbocycles. The van der Waals surface area contributed by atoms with Gasteiger partial charge in [0.15, 0.2) is 0 Å². The largest absolute Gasteiger partial charge is 0.237 e. The normalized spacial score (nSPS) is 13.3. The predicted octanol–water partition coefficient (Wildman–Crippen LogP) is 4.14. The van der Waals surface area contributed by atoms with Crippen LogP contribution in [-0.4, -0.2) is 7.42 Å². The summed E-state index contributed by atoms with van der Waals surface area (Å²) in [6.07, 6.45) is 0. The standard InChI is InChI=1S/C9H11Cl3Si/c1-7(6-13(11)12)8-2-4-9(10)5-3-8/h2-5,7,13H,6H2,1H3. The van der Waals surface area contributed by atoms with E-state index in [0.717, 1.165) is 11.1 Å². The highest BCUT2D eigenvalue weighted by atomic mass is 35.7. The molecule has 1 aromatic rings. The van der Waals surface area contributed by atoms with E-state index in [0.29, 0.717) is 5.92 Å². The summed E-state index contributed by atoms with van der Waals surface area (Å²) in [4.78, 5) is 0. The molecule has 0 saturated heterocycles. The van der Waals surface area contributed by atoms with Crippen LogP contribution in [0.15, 0.2) is 24.3 Å². The summed E-state index contributed by atoms with van der Waals surface area (Å²) in [5, 5.41) is 0.765. The van der Waals surface area contributed by atoms with Crippen molar-refractivity contribution in [2.24, 2.45) is 0 Å². The van der Waals surface area contributed by atoms with Crippen molar-refractivity contribution in [3.8, 4) is 0 Å². The Bertz CT molecular complexity index is 258. The SMILES string of the molecule is CC(C[SiH](Cl)Cl)c1ccc(Cl)cc1. The van der Waals surface area contributed by atoms with Crippen LogP contribution in [0.3, 0.4) is 0 Å². The third kappa shape index (κ3) is 3.90. The van der Waals surface area contributed by atoms with Crippen molar-refractivity contribution in [3.05, 3.63) is 34.9 Å². The highest BCUT2D eigenvalue weighted by Gasteiger charge is 2.11. The first-order chi connectivity index (χ1) is 6.09. The maximum atomic E-state index is 5.83. The zero-order valence-corrected chi connectivity index (χ0v) is 10.7. The molecule has 0 radical (unpaired) electrons. The van der Waals surface area contributed by atoms with E-state index in [4.69, 9.17) is 33.8 Å². The summed E-state index contributed by atoms with van der Waals surface area (Å²) >= 11 is 17.4. The molecular formula is C9H11Cl3Si. The Balaban J connectivity index is 2.66. The van der Waals surface area contributed by atoms with Gasteiger partial charge in [0.2, 0.25) is 7.42 Å². The van der Waals surface area contributed by atoms with Gasteiger partial charge in [0.05, 0.1) is 0 Å². The molecule has 1 aromatic carbocycles. The Hall–Kier alpha value is 0.307. The second kappa shape index (κ2) is 5.25. The van der Waals surface area contributed by atoms with Crippen LogP contribution in [0.2, 0.25) is 11.1 Å². The molecule has 0 saturated carbocycles. The van der Waals surface area contributed by atoms with Crippen molar-refractivity contribution in [3.63, 3.8) is 0 Å². The molecule has 0 nitrogen and oxygen atoms in total. The van der Waals surface area contributed by atoms with Crippen LogP contribution >= 0.6 is 33.8 Å². The maximum Gasteiger partial charge on any atom is 0.237 e. The minimum Gasteiger partial charge on any atom is -0.150 e. The smallest absolute Gasteiger partial charge is 0.150 e. The molecule has 0 aromatic heterocycles. The van der Waals surface area contributed by atoms with Crippen molar-refractivity contribution in [1.82, 2.24) is 0 Å². The molecule has 1 unspecified atom stereocenters. The predicted molar refractivity (Wildman–Crippen MR) is 63.5 cm³/mol. The summed E-state index contributed by atoms with van der Waals surface area (Å²) < 4.78 is 0. The van der Waals surface area contributed by atoms with Gasteiger partial charge in [-0.1, -0.05) is 30.7 Å². The molecule has 13 heavy (non-hydrogen) atoms. The fourth-order valence-corrected chi connectivity index (χ4v) is 3.73. The second-order valence-corrected chi connectivity index (χ2v) is 8.60. The average molecular weight is 254 g/mol. The fraction of sp³-hybridized carbons (Fsp3) is 0.333. The lowest BCUT2D eigenvalue weighted by Gasteiger charge is -2.11. The van der Waals surface area contributed by atoms with Crippen molar-refractivity contribution >= 4 is 41.2 Å². The summed E-state index contributed by atoms with van der Waals surface area (Å²) in [5.74, 6) is 0.434. The first-order valence-electron chi connectivity index (χ1n) is 4.13. The van der Waals surface area contributed by atoms with Crippen molar-refractivity contribution in [2.45, 2.75) is 18.9 Å². The van der Waals surface area contributed by atoms with Gasteiger partial charge < -0.3 is 0 Å². The first kappa shape index (κ1) is 11.4. The van der Waals surface area contributed by atoms with Gasteiger partial charge in [0.25, 0.3) is 0 Å². The Morgan fingerprint density at radius 2 is 1.77 bits per heavy atom. The highest BCUT2D eigenvalue weighted by molar-refractivity contribution is 7.33. The van der Waals surface area contributed by atoms with Gasteiger partial charge in [-0.15, -0.1) is 0 Å². The Morgan fingerprint density at radius 3 is 2.23 bits per heavy atom. The highest BCUT2D eigenvalue weighted by Crippen LogP contribution is 2.24. The van der Waals surface area contributed by atoms with Gasteiger partial charge in [-0.25, -0.2) is 0 Å². The van der Waals surface area contributed by atoms with Crippen molar-refractivity contribution in [2.75, 3.05) is 0 Å². The molecule has 0 fully saturated rings. The zero-order valence-electron chi connectivity index (χ0n) is 7.31. The number of hydrogen-bond acceptors (Lipinski definition) is 0. The molecule has 0 amide bonds. The summed E-state index contributed by atoms with van der Waals surface area (Å²) in [6, 6.07) is 8.75. The molecule has 1 rings (SSSR count). The van der Waals surface area contributed by atoms with Crippen LogP contribution < -0.4 is 0 Å². The van der Waals surface area contributed by atoms with Crippen LogP contribution in [0, 0.1) is 0 Å². The lowest BCUT2D eigenvalue weighted by Crippen LogP contribution is -2.00. The minimum absolute atomic E-state index is 0.434. The zero-order chi connectivity index (χ0) is 9.84. The van der Waals surface area contributed by atoms with E-state index in [9.17, 15) is 0 Å². The quantitative estimate of drug-likeness (QED) is 0.561. The van der Waals surface area contributed by atoms with E-state index in [1.54, 1.807) is 0 Å². The second-order valence-electron chi connectivity index (χ2n) is 3.08. The molecule has 0 bridgehead atoms. The van der Waals surface area contributed by atoms with Crippen molar-refractivity contribution in [1.29, 1.82) is 0 Å². The average Bonchev–Trinajstić information content (AvgIpc) is 2.04. The van der Waals surface area contributed by atoms with E-state index in [1.807, 2.05) is 24.3 Å². The monoisotopic (exact) mass is 252 g/mol. The number of halogens is 3. The molecule has 72 valence electrons. The van der Waals surface area contributed by atoms with Gasteiger partial charge in [-0.2, -0.15) is 22.2 Å². The number of rotatable bonds is 3. The molecule has 0 aliphatic rings. The molecule has 0 heterocycles. The van der Waals surface area contributed by atoms with E-state index < -0.39 is 7.42 Å². The topological polar surface area (TPSA) is 0 Å². The van der Waals surface area contributed by atoms with E-state index in [1.165, 1.54) is 5.56 Å². The van der Waals surface area contributed by atoms with Gasteiger partial charge in [-0.05, 0) is 29.7 Å². The third-order valence-electron chi connectivity index (χ3n) is 1.97. The van der Waals surface area contributed by atoms with Crippen LogP contribution in [-0.2, 0) is 0 Å². The molecule has 0 N–H and O–H groups in total. The van der Waals surface area contributed by atoms with Crippen LogP contribution in [0.4, 0.5) is 0 Å². The van der Waals surface area contributed by atoms with Gasteiger partial charge in [0.1, 0.15) is 0 Å². The lowest BCUT2D eigenvalue weighted by atomic mass is 10.0. The molecule has 0 aliphatic heterocycles. The summed E-state index contributed by atoms with van der Waals surface area (Å²) in [7, 11) is -1.50. The van der Waals surface area contributed by atoms with E-state index >= 15 is 0 Å². The van der Waals surface area contributed by atoms with Gasteiger partial charge >= 0.3 is 0 Å². The Kier molecular flexibility index (Phi) is 4.60. The first-order valence-corrected chi connectivity index (χ1v) is 8.82. The number of hydrogen-bond donors (Lipinski definition) is 0. The van der Waals surface area contributed by atoms with Crippen LogP contribution in [0.1, 0.15) is 18.4 Å².